The number of methoxy groups -OCH3 is 1. The maximum atomic E-state index is 5.11. The molecule has 0 radical (unpaired) electrons. The third-order valence-electron chi connectivity index (χ3n) is 3.25. The molecule has 2 unspecified atom stereocenters. The molecule has 1 fully saturated rings. The van der Waals surface area contributed by atoms with Gasteiger partial charge in [0, 0.05) is 31.9 Å². The average molecular weight is 223 g/mol. The second-order valence-electron chi connectivity index (χ2n) is 4.56. The summed E-state index contributed by atoms with van der Waals surface area (Å²) in [5, 5.41) is 3.63. The van der Waals surface area contributed by atoms with Gasteiger partial charge in [-0.15, -0.1) is 0 Å². The van der Waals surface area contributed by atoms with Crippen LogP contribution in [0.2, 0.25) is 0 Å². The molecular weight excluding hydrogens is 202 g/mol. The van der Waals surface area contributed by atoms with E-state index in [4.69, 9.17) is 4.74 Å². The molecule has 2 rings (SSSR count). The number of piperidine rings is 1. The van der Waals surface area contributed by atoms with Gasteiger partial charge in [0.05, 0.1) is 18.6 Å². The van der Waals surface area contributed by atoms with E-state index < -0.39 is 0 Å². The minimum Gasteiger partial charge on any atom is -0.383 e. The van der Waals surface area contributed by atoms with Crippen molar-refractivity contribution in [2.75, 3.05) is 13.7 Å². The van der Waals surface area contributed by atoms with Crippen LogP contribution in [-0.2, 0) is 11.3 Å². The third kappa shape index (κ3) is 2.62. The molecule has 90 valence electrons. The Bertz CT molecular complexity index is 324. The van der Waals surface area contributed by atoms with Crippen molar-refractivity contribution in [3.63, 3.8) is 0 Å². The van der Waals surface area contributed by atoms with Crippen molar-refractivity contribution in [3.05, 3.63) is 18.2 Å². The summed E-state index contributed by atoms with van der Waals surface area (Å²) >= 11 is 0. The normalized spacial score (nSPS) is 25.9. The molecule has 0 saturated carbocycles. The number of nitrogens with zero attached hydrogens (tertiary/aromatic N) is 2. The SMILES string of the molecule is COCCn1cncc1C1CCCC(C)N1. The first-order valence-corrected chi connectivity index (χ1v) is 6.06. The summed E-state index contributed by atoms with van der Waals surface area (Å²) in [6.07, 6.45) is 7.67. The zero-order chi connectivity index (χ0) is 11.4. The highest BCUT2D eigenvalue weighted by atomic mass is 16.5. The van der Waals surface area contributed by atoms with Crippen molar-refractivity contribution in [2.24, 2.45) is 0 Å². The zero-order valence-electron chi connectivity index (χ0n) is 10.1. The van der Waals surface area contributed by atoms with Gasteiger partial charge in [0.1, 0.15) is 0 Å². The lowest BCUT2D eigenvalue weighted by Crippen LogP contribution is -2.35. The number of ether oxygens (including phenoxy) is 1. The van der Waals surface area contributed by atoms with Crippen LogP contribution in [0.4, 0.5) is 0 Å². The van der Waals surface area contributed by atoms with Gasteiger partial charge >= 0.3 is 0 Å². The summed E-state index contributed by atoms with van der Waals surface area (Å²) in [6.45, 7) is 3.88. The molecule has 0 spiro atoms. The smallest absolute Gasteiger partial charge is 0.0949 e. The van der Waals surface area contributed by atoms with Crippen molar-refractivity contribution in [2.45, 2.75) is 44.8 Å². The number of rotatable bonds is 4. The van der Waals surface area contributed by atoms with Gasteiger partial charge in [-0.3, -0.25) is 0 Å². The van der Waals surface area contributed by atoms with E-state index in [0.717, 1.165) is 13.2 Å². The minimum atomic E-state index is 0.461. The summed E-state index contributed by atoms with van der Waals surface area (Å²) in [6, 6.07) is 1.08. The molecule has 1 N–H and O–H groups in total. The first-order valence-electron chi connectivity index (χ1n) is 6.06. The van der Waals surface area contributed by atoms with Crippen molar-refractivity contribution in [3.8, 4) is 0 Å². The van der Waals surface area contributed by atoms with Crippen LogP contribution in [0.5, 0.6) is 0 Å². The van der Waals surface area contributed by atoms with Crippen molar-refractivity contribution >= 4 is 0 Å². The van der Waals surface area contributed by atoms with Crippen LogP contribution in [0.3, 0.4) is 0 Å². The van der Waals surface area contributed by atoms with E-state index in [1.54, 1.807) is 7.11 Å². The Labute approximate surface area is 97.0 Å². The van der Waals surface area contributed by atoms with Gasteiger partial charge < -0.3 is 14.6 Å². The van der Waals surface area contributed by atoms with Crippen molar-refractivity contribution in [1.82, 2.24) is 14.9 Å². The molecule has 4 nitrogen and oxygen atoms in total. The fourth-order valence-electron chi connectivity index (χ4n) is 2.37. The van der Waals surface area contributed by atoms with Crippen LogP contribution < -0.4 is 5.32 Å². The van der Waals surface area contributed by atoms with Crippen molar-refractivity contribution in [1.29, 1.82) is 0 Å². The third-order valence-corrected chi connectivity index (χ3v) is 3.25. The predicted octanol–water partition coefficient (Wildman–Crippen LogP) is 1.73. The highest BCUT2D eigenvalue weighted by molar-refractivity contribution is 5.07. The predicted molar refractivity (Wildman–Crippen MR) is 63.3 cm³/mol. The van der Waals surface area contributed by atoms with Crippen LogP contribution in [0.15, 0.2) is 12.5 Å². The van der Waals surface area contributed by atoms with Gasteiger partial charge in [-0.1, -0.05) is 0 Å². The van der Waals surface area contributed by atoms with E-state index in [-0.39, 0.29) is 0 Å². The van der Waals surface area contributed by atoms with Crippen LogP contribution in [-0.4, -0.2) is 29.3 Å². The van der Waals surface area contributed by atoms with Crippen LogP contribution in [0.25, 0.3) is 0 Å². The molecule has 1 aliphatic rings. The lowest BCUT2D eigenvalue weighted by atomic mass is 9.97. The van der Waals surface area contributed by atoms with Gasteiger partial charge in [0.2, 0.25) is 0 Å². The van der Waals surface area contributed by atoms with Crippen LogP contribution in [0.1, 0.15) is 37.9 Å². The molecule has 1 aromatic heterocycles. The Morgan fingerprint density at radius 2 is 2.44 bits per heavy atom. The fraction of sp³-hybridized carbons (Fsp3) is 0.750. The maximum absolute atomic E-state index is 5.11. The monoisotopic (exact) mass is 223 g/mol. The number of hydrogen-bond acceptors (Lipinski definition) is 3. The lowest BCUT2D eigenvalue weighted by molar-refractivity contribution is 0.185. The number of aromatic nitrogens is 2. The molecule has 2 heterocycles. The lowest BCUT2D eigenvalue weighted by Gasteiger charge is -2.29. The number of nitrogens with one attached hydrogen (secondary N) is 1. The van der Waals surface area contributed by atoms with Crippen LogP contribution in [0, 0.1) is 0 Å². The Hall–Kier alpha value is -0.870. The van der Waals surface area contributed by atoms with E-state index >= 15 is 0 Å². The van der Waals surface area contributed by atoms with Crippen molar-refractivity contribution < 1.29 is 4.74 Å². The van der Waals surface area contributed by atoms with Crippen LogP contribution >= 0.6 is 0 Å². The second-order valence-corrected chi connectivity index (χ2v) is 4.56. The summed E-state index contributed by atoms with van der Waals surface area (Å²) in [5.74, 6) is 0. The highest BCUT2D eigenvalue weighted by Gasteiger charge is 2.21. The molecule has 1 saturated heterocycles. The first-order chi connectivity index (χ1) is 7.81. The Balaban J connectivity index is 2.04. The highest BCUT2D eigenvalue weighted by Crippen LogP contribution is 2.25. The van der Waals surface area contributed by atoms with Gasteiger partial charge in [0.25, 0.3) is 0 Å². The molecule has 0 aliphatic carbocycles. The standard InChI is InChI=1S/C12H21N3O/c1-10-4-3-5-11(14-10)12-8-13-9-15(12)6-7-16-2/h8-11,14H,3-7H2,1-2H3. The summed E-state index contributed by atoms with van der Waals surface area (Å²) in [4.78, 5) is 4.24. The van der Waals surface area contributed by atoms with Gasteiger partial charge in [-0.05, 0) is 26.2 Å². The fourth-order valence-corrected chi connectivity index (χ4v) is 2.37. The Kier molecular flexibility index (Phi) is 3.96. The van der Waals surface area contributed by atoms with E-state index in [9.17, 15) is 0 Å². The quantitative estimate of drug-likeness (QED) is 0.845. The Morgan fingerprint density at radius 1 is 1.56 bits per heavy atom. The second kappa shape index (κ2) is 5.46. The molecular formula is C12H21N3O. The van der Waals surface area contributed by atoms with Gasteiger partial charge in [-0.2, -0.15) is 0 Å². The summed E-state index contributed by atoms with van der Waals surface area (Å²) < 4.78 is 7.30. The molecule has 1 aliphatic heterocycles. The molecule has 0 aromatic carbocycles. The molecule has 16 heavy (non-hydrogen) atoms. The average Bonchev–Trinajstić information content (AvgIpc) is 2.74. The molecule has 0 amide bonds. The van der Waals surface area contributed by atoms with E-state index in [1.807, 2.05) is 12.5 Å². The summed E-state index contributed by atoms with van der Waals surface area (Å²) in [5.41, 5.74) is 1.30. The topological polar surface area (TPSA) is 39.1 Å². The maximum Gasteiger partial charge on any atom is 0.0949 e. The number of hydrogen-bond donors (Lipinski definition) is 1. The van der Waals surface area contributed by atoms with Gasteiger partial charge in [0.15, 0.2) is 0 Å². The first kappa shape index (κ1) is 11.6. The van der Waals surface area contributed by atoms with Gasteiger partial charge in [-0.25, -0.2) is 4.98 Å². The van der Waals surface area contributed by atoms with E-state index in [1.165, 1.54) is 25.0 Å². The molecule has 2 atom stereocenters. The minimum absolute atomic E-state index is 0.461. The summed E-state index contributed by atoms with van der Waals surface area (Å²) in [7, 11) is 1.73. The Morgan fingerprint density at radius 3 is 3.19 bits per heavy atom. The number of imidazole rings is 1. The molecule has 1 aromatic rings. The largest absolute Gasteiger partial charge is 0.383 e. The van der Waals surface area contributed by atoms with E-state index in [2.05, 4.69) is 21.8 Å². The zero-order valence-corrected chi connectivity index (χ0v) is 10.1. The molecule has 4 heteroatoms. The molecule has 0 bridgehead atoms. The van der Waals surface area contributed by atoms with E-state index in [0.29, 0.717) is 12.1 Å².